The number of likely N-dealkylation sites (N-methyl/N-ethyl adjacent to an activating group) is 1. The highest BCUT2D eigenvalue weighted by Gasteiger charge is 2.41. The highest BCUT2D eigenvalue weighted by molar-refractivity contribution is 6.33. The molecule has 0 saturated carbocycles. The Kier molecular flexibility index (Phi) is 6.60. The number of hydrogen-bond acceptors (Lipinski definition) is 6. The Labute approximate surface area is 196 Å². The van der Waals surface area contributed by atoms with Gasteiger partial charge in [0.05, 0.1) is 16.9 Å². The van der Waals surface area contributed by atoms with E-state index in [0.29, 0.717) is 59.7 Å². The van der Waals surface area contributed by atoms with Crippen molar-refractivity contribution in [2.45, 2.75) is 25.3 Å². The minimum atomic E-state index is -0.904. The van der Waals surface area contributed by atoms with Gasteiger partial charge in [0.25, 0.3) is 0 Å². The Bertz CT molecular complexity index is 1120. The van der Waals surface area contributed by atoms with Crippen LogP contribution in [0.3, 0.4) is 0 Å². The van der Waals surface area contributed by atoms with Gasteiger partial charge in [0.15, 0.2) is 0 Å². The van der Waals surface area contributed by atoms with Crippen LogP contribution in [0, 0.1) is 0 Å². The Morgan fingerprint density at radius 2 is 1.84 bits per heavy atom. The third-order valence-corrected chi connectivity index (χ3v) is 6.32. The second-order valence-corrected chi connectivity index (χ2v) is 8.54. The number of piperidine rings is 1. The highest BCUT2D eigenvalue weighted by atomic mass is 35.5. The molecular formula is C23H23Cl2N5O2. The predicted octanol–water partition coefficient (Wildman–Crippen LogP) is 4.55. The van der Waals surface area contributed by atoms with Gasteiger partial charge in [0.2, 0.25) is 0 Å². The number of halogens is 2. The largest absolute Gasteiger partial charge is 0.480 e. The minimum absolute atomic E-state index is 0.474. The van der Waals surface area contributed by atoms with E-state index in [1.807, 2.05) is 25.1 Å². The number of carboxylic acid groups (broad SMARTS) is 1. The van der Waals surface area contributed by atoms with Gasteiger partial charge in [0, 0.05) is 41.6 Å². The zero-order chi connectivity index (χ0) is 22.7. The summed E-state index contributed by atoms with van der Waals surface area (Å²) in [7, 11) is 0. The van der Waals surface area contributed by atoms with Gasteiger partial charge in [0.1, 0.15) is 17.1 Å². The molecule has 7 nitrogen and oxygen atoms in total. The smallest absolute Gasteiger partial charge is 0.324 e. The summed E-state index contributed by atoms with van der Waals surface area (Å²) < 4.78 is 0. The van der Waals surface area contributed by atoms with Crippen LogP contribution in [0.2, 0.25) is 10.0 Å². The summed E-state index contributed by atoms with van der Waals surface area (Å²) in [6, 6.07) is 9.21. The number of carboxylic acids is 1. The lowest BCUT2D eigenvalue weighted by Crippen LogP contribution is -2.58. The Morgan fingerprint density at radius 3 is 2.47 bits per heavy atom. The normalized spacial score (nSPS) is 15.5. The van der Waals surface area contributed by atoms with Crippen molar-refractivity contribution in [3.63, 3.8) is 0 Å². The van der Waals surface area contributed by atoms with Gasteiger partial charge in [-0.15, -0.1) is 0 Å². The van der Waals surface area contributed by atoms with Gasteiger partial charge in [-0.3, -0.25) is 14.8 Å². The van der Waals surface area contributed by atoms with E-state index in [2.05, 4.69) is 15.2 Å². The molecule has 2 N–H and O–H groups in total. The first-order valence-electron chi connectivity index (χ1n) is 10.4. The summed E-state index contributed by atoms with van der Waals surface area (Å²) in [4.78, 5) is 27.6. The van der Waals surface area contributed by atoms with E-state index in [0.717, 1.165) is 11.1 Å². The van der Waals surface area contributed by atoms with Gasteiger partial charge < -0.3 is 15.3 Å². The van der Waals surface area contributed by atoms with Gasteiger partial charge in [-0.05, 0) is 37.6 Å². The van der Waals surface area contributed by atoms with Gasteiger partial charge in [-0.2, -0.15) is 0 Å². The second kappa shape index (κ2) is 9.40. The van der Waals surface area contributed by atoms with Crippen LogP contribution in [-0.4, -0.2) is 51.2 Å². The molecule has 3 heterocycles. The summed E-state index contributed by atoms with van der Waals surface area (Å²) in [5.74, 6) is -0.131. The SMILES string of the molecule is CCNC1(C(=O)O)CCN(c2cnc(-c3ccc(Cl)cc3)c(-c3ccncc3Cl)n2)CC1. The number of rotatable bonds is 6. The number of nitrogens with one attached hydrogen (secondary N) is 1. The number of aromatic nitrogens is 3. The maximum absolute atomic E-state index is 11.9. The molecule has 3 aromatic rings. The fourth-order valence-electron chi connectivity index (χ4n) is 4.03. The van der Waals surface area contributed by atoms with Crippen molar-refractivity contribution in [2.75, 3.05) is 24.5 Å². The molecule has 0 unspecified atom stereocenters. The Morgan fingerprint density at radius 1 is 1.12 bits per heavy atom. The lowest BCUT2D eigenvalue weighted by atomic mass is 9.87. The highest BCUT2D eigenvalue weighted by Crippen LogP contribution is 2.35. The molecule has 4 rings (SSSR count). The van der Waals surface area contributed by atoms with E-state index in [4.69, 9.17) is 33.2 Å². The molecule has 1 aliphatic rings. The molecule has 0 amide bonds. The van der Waals surface area contributed by atoms with Crippen molar-refractivity contribution < 1.29 is 9.90 Å². The molecule has 0 aliphatic carbocycles. The van der Waals surface area contributed by atoms with Crippen LogP contribution in [0.25, 0.3) is 22.5 Å². The zero-order valence-corrected chi connectivity index (χ0v) is 19.1. The Balaban J connectivity index is 1.71. The number of benzene rings is 1. The summed E-state index contributed by atoms with van der Waals surface area (Å²) in [6.07, 6.45) is 5.92. The molecule has 0 spiro atoms. The van der Waals surface area contributed by atoms with Crippen LogP contribution >= 0.6 is 23.2 Å². The maximum atomic E-state index is 11.9. The third-order valence-electron chi connectivity index (χ3n) is 5.77. The fourth-order valence-corrected chi connectivity index (χ4v) is 4.36. The number of hydrogen-bond donors (Lipinski definition) is 2. The van der Waals surface area contributed by atoms with Crippen LogP contribution in [0.4, 0.5) is 5.82 Å². The van der Waals surface area contributed by atoms with E-state index in [-0.39, 0.29) is 0 Å². The van der Waals surface area contributed by atoms with Crippen molar-refractivity contribution in [3.05, 3.63) is 59.0 Å². The minimum Gasteiger partial charge on any atom is -0.480 e. The number of pyridine rings is 1. The molecule has 9 heteroatoms. The topological polar surface area (TPSA) is 91.2 Å². The van der Waals surface area contributed by atoms with Crippen LogP contribution in [0.5, 0.6) is 0 Å². The van der Waals surface area contributed by atoms with Crippen LogP contribution in [0.15, 0.2) is 48.9 Å². The summed E-state index contributed by atoms with van der Waals surface area (Å²) in [5, 5.41) is 14.0. The zero-order valence-electron chi connectivity index (χ0n) is 17.6. The summed E-state index contributed by atoms with van der Waals surface area (Å²) in [5.41, 5.74) is 2.01. The van der Waals surface area contributed by atoms with Crippen molar-refractivity contribution in [1.29, 1.82) is 0 Å². The first-order valence-corrected chi connectivity index (χ1v) is 11.2. The van der Waals surface area contributed by atoms with E-state index in [9.17, 15) is 9.90 Å². The van der Waals surface area contributed by atoms with Crippen LogP contribution in [0.1, 0.15) is 19.8 Å². The number of nitrogens with zero attached hydrogens (tertiary/aromatic N) is 4. The lowest BCUT2D eigenvalue weighted by Gasteiger charge is -2.39. The predicted molar refractivity (Wildman–Crippen MR) is 126 cm³/mol. The van der Waals surface area contributed by atoms with E-state index >= 15 is 0 Å². The quantitative estimate of drug-likeness (QED) is 0.544. The molecule has 0 bridgehead atoms. The summed E-state index contributed by atoms with van der Waals surface area (Å²) >= 11 is 12.5. The summed E-state index contributed by atoms with van der Waals surface area (Å²) in [6.45, 7) is 3.63. The monoisotopic (exact) mass is 471 g/mol. The first kappa shape index (κ1) is 22.5. The third kappa shape index (κ3) is 4.41. The lowest BCUT2D eigenvalue weighted by molar-refractivity contribution is -0.145. The van der Waals surface area contributed by atoms with Gasteiger partial charge in [-0.25, -0.2) is 4.98 Å². The van der Waals surface area contributed by atoms with Crippen molar-refractivity contribution in [2.24, 2.45) is 0 Å². The standard InChI is InChI=1S/C23H23Cl2N5O2/c1-2-28-23(22(31)32)8-11-30(12-9-23)19-14-27-20(15-3-5-16(24)6-4-15)21(29-19)17-7-10-26-13-18(17)25/h3-7,10,13-14,28H,2,8-9,11-12H2,1H3,(H,31,32). The van der Waals surface area contributed by atoms with E-state index in [1.165, 1.54) is 0 Å². The number of anilines is 1. The van der Waals surface area contributed by atoms with Crippen LogP contribution < -0.4 is 10.2 Å². The maximum Gasteiger partial charge on any atom is 0.324 e. The van der Waals surface area contributed by atoms with Crippen LogP contribution in [-0.2, 0) is 4.79 Å². The van der Waals surface area contributed by atoms with E-state index in [1.54, 1.807) is 30.7 Å². The average Bonchev–Trinajstić information content (AvgIpc) is 2.80. The molecule has 0 atom stereocenters. The number of carbonyl (C=O) groups is 1. The average molecular weight is 472 g/mol. The molecule has 2 aromatic heterocycles. The fraction of sp³-hybridized carbons (Fsp3) is 0.304. The molecule has 0 radical (unpaired) electrons. The molecular weight excluding hydrogens is 449 g/mol. The number of aliphatic carboxylic acids is 1. The molecule has 32 heavy (non-hydrogen) atoms. The van der Waals surface area contributed by atoms with Crippen molar-refractivity contribution >= 4 is 35.0 Å². The first-order chi connectivity index (χ1) is 15.4. The molecule has 1 fully saturated rings. The molecule has 1 aromatic carbocycles. The molecule has 1 saturated heterocycles. The van der Waals surface area contributed by atoms with E-state index < -0.39 is 11.5 Å². The molecule has 166 valence electrons. The van der Waals surface area contributed by atoms with Gasteiger partial charge in [-0.1, -0.05) is 42.3 Å². The van der Waals surface area contributed by atoms with Crippen molar-refractivity contribution in [3.8, 4) is 22.5 Å². The van der Waals surface area contributed by atoms with Crippen molar-refractivity contribution in [1.82, 2.24) is 20.3 Å². The Hall–Kier alpha value is -2.74. The van der Waals surface area contributed by atoms with Gasteiger partial charge >= 0.3 is 5.97 Å². The second-order valence-electron chi connectivity index (χ2n) is 7.69. The molecule has 1 aliphatic heterocycles.